The van der Waals surface area contributed by atoms with Gasteiger partial charge in [0.2, 0.25) is 5.91 Å². The summed E-state index contributed by atoms with van der Waals surface area (Å²) < 4.78 is 0. The van der Waals surface area contributed by atoms with Gasteiger partial charge in [-0.05, 0) is 50.5 Å². The lowest BCUT2D eigenvalue weighted by Crippen LogP contribution is -2.54. The highest BCUT2D eigenvalue weighted by molar-refractivity contribution is 5.82. The fraction of sp³-hybridized carbons (Fsp3) is 0.941. The first kappa shape index (κ1) is 15.3. The molecule has 1 N–H and O–H groups in total. The van der Waals surface area contributed by atoms with Gasteiger partial charge in [0.25, 0.3) is 0 Å². The van der Waals surface area contributed by atoms with Gasteiger partial charge in [0, 0.05) is 32.2 Å². The van der Waals surface area contributed by atoms with Crippen molar-refractivity contribution in [3.05, 3.63) is 0 Å². The molecule has 0 radical (unpaired) electrons. The molecule has 21 heavy (non-hydrogen) atoms. The fourth-order valence-corrected chi connectivity index (χ4v) is 4.41. The summed E-state index contributed by atoms with van der Waals surface area (Å²) in [5.41, 5.74) is 0. The fourth-order valence-electron chi connectivity index (χ4n) is 4.41. The third kappa shape index (κ3) is 3.26. The predicted octanol–water partition coefficient (Wildman–Crippen LogP) is 1.71. The molecule has 3 aliphatic rings. The van der Waals surface area contributed by atoms with Crippen molar-refractivity contribution in [1.82, 2.24) is 15.1 Å². The van der Waals surface area contributed by atoms with Crippen molar-refractivity contribution in [2.24, 2.45) is 11.8 Å². The van der Waals surface area contributed by atoms with Crippen LogP contribution in [0.25, 0.3) is 0 Å². The molecular formula is C17H31N3O. The van der Waals surface area contributed by atoms with E-state index in [1.807, 2.05) is 0 Å². The van der Waals surface area contributed by atoms with Gasteiger partial charge in [0.1, 0.15) is 0 Å². The van der Waals surface area contributed by atoms with Crippen LogP contribution in [-0.4, -0.2) is 60.5 Å². The molecule has 4 atom stereocenters. The number of nitrogens with zero attached hydrogens (tertiary/aromatic N) is 2. The highest BCUT2D eigenvalue weighted by Crippen LogP contribution is 2.35. The van der Waals surface area contributed by atoms with Crippen LogP contribution in [-0.2, 0) is 4.79 Å². The summed E-state index contributed by atoms with van der Waals surface area (Å²) in [6.07, 6.45) is 6.17. The van der Waals surface area contributed by atoms with E-state index < -0.39 is 0 Å². The van der Waals surface area contributed by atoms with Gasteiger partial charge >= 0.3 is 0 Å². The topological polar surface area (TPSA) is 35.6 Å². The Bertz CT molecular complexity index is 367. The van der Waals surface area contributed by atoms with Crippen LogP contribution in [0.1, 0.15) is 46.0 Å². The van der Waals surface area contributed by atoms with Gasteiger partial charge in [-0.2, -0.15) is 0 Å². The van der Waals surface area contributed by atoms with Crippen molar-refractivity contribution < 1.29 is 4.79 Å². The van der Waals surface area contributed by atoms with E-state index in [9.17, 15) is 4.79 Å². The summed E-state index contributed by atoms with van der Waals surface area (Å²) in [5.74, 6) is 2.06. The van der Waals surface area contributed by atoms with E-state index in [0.29, 0.717) is 11.9 Å². The smallest absolute Gasteiger partial charge is 0.240 e. The molecule has 0 bridgehead atoms. The van der Waals surface area contributed by atoms with Crippen molar-refractivity contribution in [3.63, 3.8) is 0 Å². The number of carbonyl (C=O) groups is 1. The van der Waals surface area contributed by atoms with Crippen molar-refractivity contribution in [1.29, 1.82) is 0 Å². The highest BCUT2D eigenvalue weighted by Gasteiger charge is 2.39. The number of piperazine rings is 1. The summed E-state index contributed by atoms with van der Waals surface area (Å²) in [6.45, 7) is 9.60. The summed E-state index contributed by atoms with van der Waals surface area (Å²) in [5, 5.41) is 3.34. The second-order valence-electron chi connectivity index (χ2n) is 7.39. The third-order valence-corrected chi connectivity index (χ3v) is 6.05. The van der Waals surface area contributed by atoms with Crippen molar-refractivity contribution in [3.8, 4) is 0 Å². The lowest BCUT2D eigenvalue weighted by molar-refractivity contribution is -0.137. The molecule has 0 aromatic heterocycles. The Hall–Kier alpha value is -0.610. The van der Waals surface area contributed by atoms with Gasteiger partial charge in [-0.25, -0.2) is 0 Å². The van der Waals surface area contributed by atoms with Crippen LogP contribution in [0, 0.1) is 11.8 Å². The van der Waals surface area contributed by atoms with E-state index in [0.717, 1.165) is 51.0 Å². The molecular weight excluding hydrogens is 262 g/mol. The molecule has 2 saturated heterocycles. The quantitative estimate of drug-likeness (QED) is 0.842. The lowest BCUT2D eigenvalue weighted by Gasteiger charge is -2.41. The molecule has 2 aliphatic heterocycles. The summed E-state index contributed by atoms with van der Waals surface area (Å²) in [6, 6.07) is 0.823. The van der Waals surface area contributed by atoms with Gasteiger partial charge in [-0.15, -0.1) is 0 Å². The van der Waals surface area contributed by atoms with Gasteiger partial charge in [-0.3, -0.25) is 9.69 Å². The normalized spacial score (nSPS) is 38.7. The molecule has 1 saturated carbocycles. The monoisotopic (exact) mass is 293 g/mol. The summed E-state index contributed by atoms with van der Waals surface area (Å²) in [7, 11) is 0. The number of amides is 1. The molecule has 3 rings (SSSR count). The van der Waals surface area contributed by atoms with E-state index in [1.54, 1.807) is 0 Å². The van der Waals surface area contributed by atoms with Crippen LogP contribution in [0.4, 0.5) is 0 Å². The average molecular weight is 293 g/mol. The van der Waals surface area contributed by atoms with Gasteiger partial charge < -0.3 is 10.2 Å². The summed E-state index contributed by atoms with van der Waals surface area (Å²) in [4.78, 5) is 17.5. The Morgan fingerprint density at radius 2 is 1.76 bits per heavy atom. The van der Waals surface area contributed by atoms with E-state index >= 15 is 0 Å². The van der Waals surface area contributed by atoms with Crippen molar-refractivity contribution in [2.45, 2.75) is 58.0 Å². The molecule has 4 heteroatoms. The van der Waals surface area contributed by atoms with Crippen molar-refractivity contribution in [2.75, 3.05) is 32.7 Å². The first-order chi connectivity index (χ1) is 10.2. The van der Waals surface area contributed by atoms with Crippen LogP contribution < -0.4 is 5.32 Å². The second-order valence-corrected chi connectivity index (χ2v) is 7.39. The number of likely N-dealkylation sites (tertiary alicyclic amines) is 1. The minimum absolute atomic E-state index is 0.175. The largest absolute Gasteiger partial charge is 0.339 e. The predicted molar refractivity (Wildman–Crippen MR) is 85.1 cm³/mol. The molecule has 4 nitrogen and oxygen atoms in total. The molecule has 3 fully saturated rings. The highest BCUT2D eigenvalue weighted by atomic mass is 16.2. The average Bonchev–Trinajstić information content (AvgIpc) is 2.99. The lowest BCUT2D eigenvalue weighted by atomic mass is 9.78. The standard InChI is InChI=1S/C17H31N3O/c1-13-5-6-15(12-14(13)2)20-9-3-4-16(20)17(21)19-10-7-18-8-11-19/h13-16,18H,3-12H2,1-2H3. The van der Waals surface area contributed by atoms with Crippen LogP contribution in [0.3, 0.4) is 0 Å². The van der Waals surface area contributed by atoms with E-state index in [-0.39, 0.29) is 6.04 Å². The van der Waals surface area contributed by atoms with Crippen LogP contribution >= 0.6 is 0 Å². The van der Waals surface area contributed by atoms with Crippen LogP contribution in [0.2, 0.25) is 0 Å². The van der Waals surface area contributed by atoms with Gasteiger partial charge in [0.05, 0.1) is 6.04 Å². The van der Waals surface area contributed by atoms with Crippen molar-refractivity contribution >= 4 is 5.91 Å². The molecule has 4 unspecified atom stereocenters. The number of rotatable bonds is 2. The maximum atomic E-state index is 12.9. The Labute approximate surface area is 129 Å². The molecule has 0 aromatic carbocycles. The molecule has 0 aromatic rings. The van der Waals surface area contributed by atoms with Crippen LogP contribution in [0.15, 0.2) is 0 Å². The van der Waals surface area contributed by atoms with E-state index in [4.69, 9.17) is 0 Å². The summed E-state index contributed by atoms with van der Waals surface area (Å²) >= 11 is 0. The molecule has 0 spiro atoms. The molecule has 120 valence electrons. The Balaban J connectivity index is 1.63. The molecule has 1 amide bonds. The maximum Gasteiger partial charge on any atom is 0.240 e. The minimum Gasteiger partial charge on any atom is -0.339 e. The van der Waals surface area contributed by atoms with Gasteiger partial charge in [0.15, 0.2) is 0 Å². The second kappa shape index (κ2) is 6.66. The first-order valence-corrected chi connectivity index (χ1v) is 8.92. The number of carbonyl (C=O) groups excluding carboxylic acids is 1. The minimum atomic E-state index is 0.175. The van der Waals surface area contributed by atoms with E-state index in [1.165, 1.54) is 25.7 Å². The Kier molecular flexibility index (Phi) is 4.85. The van der Waals surface area contributed by atoms with Gasteiger partial charge in [-0.1, -0.05) is 13.8 Å². The Morgan fingerprint density at radius 3 is 2.48 bits per heavy atom. The third-order valence-electron chi connectivity index (χ3n) is 6.05. The molecule has 2 heterocycles. The first-order valence-electron chi connectivity index (χ1n) is 8.92. The Morgan fingerprint density at radius 1 is 1.00 bits per heavy atom. The van der Waals surface area contributed by atoms with E-state index in [2.05, 4.69) is 29.0 Å². The zero-order valence-corrected chi connectivity index (χ0v) is 13.7. The van der Waals surface area contributed by atoms with Crippen LogP contribution in [0.5, 0.6) is 0 Å². The number of nitrogens with one attached hydrogen (secondary N) is 1. The SMILES string of the molecule is CC1CCC(N2CCCC2C(=O)N2CCNCC2)CC1C. The number of hydrogen-bond donors (Lipinski definition) is 1. The maximum absolute atomic E-state index is 12.9. The number of hydrogen-bond acceptors (Lipinski definition) is 3. The molecule has 1 aliphatic carbocycles. The zero-order chi connectivity index (χ0) is 14.8. The zero-order valence-electron chi connectivity index (χ0n) is 13.7.